The zero-order valence-corrected chi connectivity index (χ0v) is 13.1. The quantitative estimate of drug-likeness (QED) is 0.404. The molecule has 0 saturated heterocycles. The lowest BCUT2D eigenvalue weighted by molar-refractivity contribution is 0.304. The fraction of sp³-hybridized carbons (Fsp3) is 0.579. The fourth-order valence-electron chi connectivity index (χ4n) is 2.31. The SMILES string of the molecule is C#Cc1ccc(OCCCCCCCCCC)cc1C. The molecule has 110 valence electrons. The van der Waals surface area contributed by atoms with Gasteiger partial charge in [-0.05, 0) is 37.1 Å². The van der Waals surface area contributed by atoms with E-state index in [-0.39, 0.29) is 0 Å². The number of rotatable bonds is 10. The third-order valence-electron chi connectivity index (χ3n) is 3.62. The zero-order chi connectivity index (χ0) is 14.6. The molecular formula is C19H28O. The Labute approximate surface area is 124 Å². The summed E-state index contributed by atoms with van der Waals surface area (Å²) in [5.41, 5.74) is 2.06. The van der Waals surface area contributed by atoms with Gasteiger partial charge in [0.1, 0.15) is 5.75 Å². The molecule has 1 aromatic rings. The summed E-state index contributed by atoms with van der Waals surface area (Å²) in [4.78, 5) is 0. The third kappa shape index (κ3) is 6.66. The summed E-state index contributed by atoms with van der Waals surface area (Å²) in [6.07, 6.45) is 16.0. The van der Waals surface area contributed by atoms with Gasteiger partial charge in [0.2, 0.25) is 0 Å². The van der Waals surface area contributed by atoms with Crippen molar-refractivity contribution in [1.29, 1.82) is 0 Å². The molecule has 0 N–H and O–H groups in total. The monoisotopic (exact) mass is 272 g/mol. The number of benzene rings is 1. The van der Waals surface area contributed by atoms with Gasteiger partial charge in [-0.15, -0.1) is 6.42 Å². The lowest BCUT2D eigenvalue weighted by Crippen LogP contribution is -1.98. The minimum atomic E-state index is 0.809. The molecule has 0 aromatic heterocycles. The Bertz CT molecular complexity index is 414. The Balaban J connectivity index is 2.07. The highest BCUT2D eigenvalue weighted by Crippen LogP contribution is 2.17. The molecule has 0 heterocycles. The van der Waals surface area contributed by atoms with Crippen molar-refractivity contribution in [2.75, 3.05) is 6.61 Å². The summed E-state index contributed by atoms with van der Waals surface area (Å²) < 4.78 is 5.76. The van der Waals surface area contributed by atoms with E-state index in [1.165, 1.54) is 44.9 Å². The van der Waals surface area contributed by atoms with Gasteiger partial charge in [0, 0.05) is 5.56 Å². The molecule has 1 aromatic carbocycles. The molecule has 20 heavy (non-hydrogen) atoms. The lowest BCUT2D eigenvalue weighted by Gasteiger charge is -2.08. The molecule has 0 spiro atoms. The summed E-state index contributed by atoms with van der Waals surface area (Å²) >= 11 is 0. The van der Waals surface area contributed by atoms with Crippen LogP contribution in [0.4, 0.5) is 0 Å². The highest BCUT2D eigenvalue weighted by molar-refractivity contribution is 5.43. The molecule has 0 aliphatic carbocycles. The summed E-state index contributed by atoms with van der Waals surface area (Å²) in [6.45, 7) is 5.09. The fourth-order valence-corrected chi connectivity index (χ4v) is 2.31. The zero-order valence-electron chi connectivity index (χ0n) is 13.1. The van der Waals surface area contributed by atoms with Crippen LogP contribution in [-0.4, -0.2) is 6.61 Å². The second kappa shape index (κ2) is 10.4. The Kier molecular flexibility index (Phi) is 8.63. The first kappa shape index (κ1) is 16.6. The van der Waals surface area contributed by atoms with Crippen LogP contribution >= 0.6 is 0 Å². The molecule has 1 nitrogen and oxygen atoms in total. The van der Waals surface area contributed by atoms with Gasteiger partial charge in [0.25, 0.3) is 0 Å². The minimum absolute atomic E-state index is 0.809. The van der Waals surface area contributed by atoms with E-state index in [2.05, 4.69) is 12.8 Å². The first-order chi connectivity index (χ1) is 9.77. The standard InChI is InChI=1S/C19H28O/c1-4-6-7-8-9-10-11-12-15-20-19-14-13-18(5-2)17(3)16-19/h2,13-14,16H,4,6-12,15H2,1,3H3. The Morgan fingerprint density at radius 2 is 1.65 bits per heavy atom. The molecule has 0 aliphatic rings. The van der Waals surface area contributed by atoms with Crippen molar-refractivity contribution in [2.24, 2.45) is 0 Å². The van der Waals surface area contributed by atoms with Crippen LogP contribution in [0.3, 0.4) is 0 Å². The predicted molar refractivity (Wildman–Crippen MR) is 87.2 cm³/mol. The Hall–Kier alpha value is -1.42. The Morgan fingerprint density at radius 1 is 1.00 bits per heavy atom. The maximum atomic E-state index is 5.76. The topological polar surface area (TPSA) is 9.23 Å². The molecule has 0 amide bonds. The Morgan fingerprint density at radius 3 is 2.25 bits per heavy atom. The minimum Gasteiger partial charge on any atom is -0.494 e. The van der Waals surface area contributed by atoms with E-state index in [1.54, 1.807) is 0 Å². The number of terminal acetylenes is 1. The van der Waals surface area contributed by atoms with E-state index in [0.717, 1.165) is 29.9 Å². The van der Waals surface area contributed by atoms with Crippen LogP contribution in [-0.2, 0) is 0 Å². The first-order valence-corrected chi connectivity index (χ1v) is 7.98. The summed E-state index contributed by atoms with van der Waals surface area (Å²) in [5.74, 6) is 3.61. The highest BCUT2D eigenvalue weighted by atomic mass is 16.5. The van der Waals surface area contributed by atoms with Gasteiger partial charge in [0.05, 0.1) is 6.61 Å². The van der Waals surface area contributed by atoms with Gasteiger partial charge in [-0.1, -0.05) is 57.8 Å². The molecule has 1 rings (SSSR count). The molecule has 0 unspecified atom stereocenters. The van der Waals surface area contributed by atoms with Crippen LogP contribution in [0.2, 0.25) is 0 Å². The van der Waals surface area contributed by atoms with E-state index in [9.17, 15) is 0 Å². The highest BCUT2D eigenvalue weighted by Gasteiger charge is 1.99. The van der Waals surface area contributed by atoms with Gasteiger partial charge in [-0.2, -0.15) is 0 Å². The van der Waals surface area contributed by atoms with Crippen LogP contribution in [0.5, 0.6) is 5.75 Å². The van der Waals surface area contributed by atoms with E-state index in [0.29, 0.717) is 0 Å². The molecule has 0 bridgehead atoms. The van der Waals surface area contributed by atoms with Crippen LogP contribution in [0.1, 0.15) is 69.4 Å². The smallest absolute Gasteiger partial charge is 0.119 e. The van der Waals surface area contributed by atoms with Crippen LogP contribution in [0, 0.1) is 19.3 Å². The second-order valence-electron chi connectivity index (χ2n) is 5.44. The number of aryl methyl sites for hydroxylation is 1. The van der Waals surface area contributed by atoms with Gasteiger partial charge in [0.15, 0.2) is 0 Å². The lowest BCUT2D eigenvalue weighted by atomic mass is 10.1. The van der Waals surface area contributed by atoms with Crippen molar-refractivity contribution in [1.82, 2.24) is 0 Å². The average molecular weight is 272 g/mol. The number of hydrogen-bond donors (Lipinski definition) is 0. The second-order valence-corrected chi connectivity index (χ2v) is 5.44. The normalized spacial score (nSPS) is 10.2. The maximum Gasteiger partial charge on any atom is 0.119 e. The summed E-state index contributed by atoms with van der Waals surface area (Å²) in [5, 5.41) is 0. The van der Waals surface area contributed by atoms with Crippen LogP contribution in [0.15, 0.2) is 18.2 Å². The van der Waals surface area contributed by atoms with Gasteiger partial charge in [-0.25, -0.2) is 0 Å². The largest absolute Gasteiger partial charge is 0.494 e. The van der Waals surface area contributed by atoms with Gasteiger partial charge in [-0.3, -0.25) is 0 Å². The number of hydrogen-bond acceptors (Lipinski definition) is 1. The summed E-state index contributed by atoms with van der Waals surface area (Å²) in [6, 6.07) is 5.95. The van der Waals surface area contributed by atoms with Crippen LogP contribution < -0.4 is 4.74 Å². The summed E-state index contributed by atoms with van der Waals surface area (Å²) in [7, 11) is 0. The number of ether oxygens (including phenoxy) is 1. The molecular weight excluding hydrogens is 244 g/mol. The molecule has 0 radical (unpaired) electrons. The van der Waals surface area contributed by atoms with Crippen LogP contribution in [0.25, 0.3) is 0 Å². The molecule has 0 atom stereocenters. The van der Waals surface area contributed by atoms with Gasteiger partial charge < -0.3 is 4.74 Å². The average Bonchev–Trinajstić information content (AvgIpc) is 2.46. The predicted octanol–water partition coefficient (Wildman–Crippen LogP) is 5.50. The van der Waals surface area contributed by atoms with Crippen molar-refractivity contribution in [2.45, 2.75) is 65.2 Å². The maximum absolute atomic E-state index is 5.76. The third-order valence-corrected chi connectivity index (χ3v) is 3.62. The van der Waals surface area contributed by atoms with Crippen molar-refractivity contribution in [3.8, 4) is 18.1 Å². The van der Waals surface area contributed by atoms with Crippen molar-refractivity contribution >= 4 is 0 Å². The molecule has 1 heteroatoms. The van der Waals surface area contributed by atoms with E-state index in [1.807, 2.05) is 25.1 Å². The van der Waals surface area contributed by atoms with E-state index >= 15 is 0 Å². The molecule has 0 saturated carbocycles. The van der Waals surface area contributed by atoms with Crippen molar-refractivity contribution in [3.05, 3.63) is 29.3 Å². The van der Waals surface area contributed by atoms with Crippen molar-refractivity contribution in [3.63, 3.8) is 0 Å². The van der Waals surface area contributed by atoms with Gasteiger partial charge >= 0.3 is 0 Å². The molecule has 0 aliphatic heterocycles. The van der Waals surface area contributed by atoms with Crippen molar-refractivity contribution < 1.29 is 4.74 Å². The van der Waals surface area contributed by atoms with E-state index < -0.39 is 0 Å². The first-order valence-electron chi connectivity index (χ1n) is 7.98. The molecule has 0 fully saturated rings. The number of unbranched alkanes of at least 4 members (excludes halogenated alkanes) is 7. The van der Waals surface area contributed by atoms with E-state index in [4.69, 9.17) is 11.2 Å².